The molecule has 1 N–H and O–H groups in total. The van der Waals surface area contributed by atoms with Gasteiger partial charge in [-0.05, 0) is 29.8 Å². The van der Waals surface area contributed by atoms with E-state index in [1.807, 2.05) is 77.6 Å². The molecule has 6 heteroatoms. The molecule has 1 amide bonds. The molecular formula is C18H14N4OS. The number of hydrogen-bond acceptors (Lipinski definition) is 4. The molecule has 0 spiro atoms. The molecule has 2 aromatic carbocycles. The Morgan fingerprint density at radius 1 is 0.958 bits per heavy atom. The molecule has 0 radical (unpaired) electrons. The lowest BCUT2D eigenvalue weighted by atomic mass is 10.1. The largest absolute Gasteiger partial charge is 0.338 e. The van der Waals surface area contributed by atoms with Crippen molar-refractivity contribution in [2.45, 2.75) is 6.04 Å². The summed E-state index contributed by atoms with van der Waals surface area (Å²) in [5.41, 5.74) is 3.11. The number of carbonyl (C=O) groups is 1. The van der Waals surface area contributed by atoms with E-state index >= 15 is 0 Å². The van der Waals surface area contributed by atoms with Crippen LogP contribution in [0.3, 0.4) is 0 Å². The molecule has 0 fully saturated rings. The summed E-state index contributed by atoms with van der Waals surface area (Å²) in [5, 5.41) is 3.00. The maximum absolute atomic E-state index is 13.0. The normalized spacial score (nSPS) is 12.2. The Morgan fingerprint density at radius 2 is 1.75 bits per heavy atom. The van der Waals surface area contributed by atoms with E-state index in [0.29, 0.717) is 5.69 Å². The van der Waals surface area contributed by atoms with Gasteiger partial charge in [-0.1, -0.05) is 36.4 Å². The lowest BCUT2D eigenvalue weighted by molar-refractivity contribution is -0.118. The lowest BCUT2D eigenvalue weighted by Gasteiger charge is -2.19. The molecule has 0 unspecified atom stereocenters. The number of anilines is 1. The van der Waals surface area contributed by atoms with Crippen molar-refractivity contribution in [2.75, 3.05) is 5.32 Å². The smallest absolute Gasteiger partial charge is 0.252 e. The van der Waals surface area contributed by atoms with Crippen LogP contribution in [0.5, 0.6) is 0 Å². The second kappa shape index (κ2) is 6.25. The van der Waals surface area contributed by atoms with Crippen LogP contribution in [0.15, 0.2) is 73.1 Å². The van der Waals surface area contributed by atoms with E-state index in [-0.39, 0.29) is 5.91 Å². The number of hydrogen-bond donors (Lipinski definition) is 1. The number of aromatic nitrogens is 3. The molecule has 0 aliphatic heterocycles. The summed E-state index contributed by atoms with van der Waals surface area (Å²) >= 11 is 1.14. The minimum absolute atomic E-state index is 0.113. The molecule has 1 atom stereocenters. The molecule has 0 saturated carbocycles. The van der Waals surface area contributed by atoms with Gasteiger partial charge in [0, 0.05) is 12.4 Å². The van der Waals surface area contributed by atoms with Crippen molar-refractivity contribution in [3.63, 3.8) is 0 Å². The van der Waals surface area contributed by atoms with Crippen molar-refractivity contribution in [2.24, 2.45) is 0 Å². The maximum Gasteiger partial charge on any atom is 0.252 e. The Bertz CT molecular complexity index is 963. The van der Waals surface area contributed by atoms with Crippen LogP contribution in [0.2, 0.25) is 0 Å². The van der Waals surface area contributed by atoms with Gasteiger partial charge in [0.15, 0.2) is 0 Å². The van der Waals surface area contributed by atoms with Crippen LogP contribution in [0, 0.1) is 0 Å². The molecule has 2 heterocycles. The van der Waals surface area contributed by atoms with Crippen LogP contribution in [0.4, 0.5) is 5.69 Å². The maximum atomic E-state index is 13.0. The minimum atomic E-state index is -0.442. The van der Waals surface area contributed by atoms with Crippen molar-refractivity contribution < 1.29 is 4.79 Å². The summed E-state index contributed by atoms with van der Waals surface area (Å²) in [6.07, 6.45) is 3.78. The Morgan fingerprint density at radius 3 is 2.54 bits per heavy atom. The van der Waals surface area contributed by atoms with Gasteiger partial charge in [-0.2, -0.15) is 8.75 Å². The molecule has 118 valence electrons. The van der Waals surface area contributed by atoms with Gasteiger partial charge in [0.05, 0.1) is 17.4 Å². The van der Waals surface area contributed by atoms with Crippen molar-refractivity contribution in [1.82, 2.24) is 13.3 Å². The highest BCUT2D eigenvalue weighted by Crippen LogP contribution is 2.25. The van der Waals surface area contributed by atoms with Crippen molar-refractivity contribution in [1.29, 1.82) is 0 Å². The van der Waals surface area contributed by atoms with Crippen LogP contribution < -0.4 is 5.32 Å². The topological polar surface area (TPSA) is 59.8 Å². The second-order valence-electron chi connectivity index (χ2n) is 5.37. The first-order chi connectivity index (χ1) is 11.8. The fourth-order valence-corrected chi connectivity index (χ4v) is 3.27. The molecular weight excluding hydrogens is 320 g/mol. The fourth-order valence-electron chi connectivity index (χ4n) is 2.72. The third-order valence-electron chi connectivity index (χ3n) is 3.83. The Hall–Kier alpha value is -2.99. The van der Waals surface area contributed by atoms with Gasteiger partial charge in [0.1, 0.15) is 17.1 Å². The summed E-state index contributed by atoms with van der Waals surface area (Å²) in [4.78, 5) is 13.0. The molecule has 0 aliphatic carbocycles. The molecule has 5 nitrogen and oxygen atoms in total. The Kier molecular flexibility index (Phi) is 3.80. The predicted molar refractivity (Wildman–Crippen MR) is 95.1 cm³/mol. The van der Waals surface area contributed by atoms with Crippen LogP contribution >= 0.6 is 11.7 Å². The molecule has 4 aromatic rings. The Balaban J connectivity index is 1.71. The number of amides is 1. The van der Waals surface area contributed by atoms with E-state index in [1.54, 1.807) is 0 Å². The van der Waals surface area contributed by atoms with Gasteiger partial charge in [0.2, 0.25) is 0 Å². The van der Waals surface area contributed by atoms with Gasteiger partial charge >= 0.3 is 0 Å². The van der Waals surface area contributed by atoms with Crippen LogP contribution in [0.1, 0.15) is 11.6 Å². The number of nitrogens with one attached hydrogen (secondary N) is 1. The highest BCUT2D eigenvalue weighted by molar-refractivity contribution is 7.00. The summed E-state index contributed by atoms with van der Waals surface area (Å²) in [6, 6.07) is 18.7. The highest BCUT2D eigenvalue weighted by Gasteiger charge is 2.22. The molecule has 0 aliphatic rings. The van der Waals surface area contributed by atoms with Crippen LogP contribution in [-0.4, -0.2) is 19.2 Å². The molecule has 0 bridgehead atoms. The average Bonchev–Trinajstić information content (AvgIpc) is 3.28. The monoisotopic (exact) mass is 334 g/mol. The summed E-state index contributed by atoms with van der Waals surface area (Å²) in [5.74, 6) is -0.113. The highest BCUT2D eigenvalue weighted by atomic mass is 32.1. The first-order valence-electron chi connectivity index (χ1n) is 7.52. The first kappa shape index (κ1) is 14.6. The SMILES string of the molecule is O=C(Nc1cccc2nsnc12)[C@H](c1ccccc1)n1cccc1. The zero-order chi connectivity index (χ0) is 16.4. The van der Waals surface area contributed by atoms with Crippen molar-refractivity contribution in [3.8, 4) is 0 Å². The van der Waals surface area contributed by atoms with E-state index < -0.39 is 6.04 Å². The number of fused-ring (bicyclic) bond motifs is 1. The zero-order valence-corrected chi connectivity index (χ0v) is 13.5. The number of rotatable bonds is 4. The van der Waals surface area contributed by atoms with E-state index in [0.717, 1.165) is 28.3 Å². The number of benzene rings is 2. The molecule has 24 heavy (non-hydrogen) atoms. The van der Waals surface area contributed by atoms with Crippen molar-refractivity contribution >= 4 is 34.4 Å². The zero-order valence-electron chi connectivity index (χ0n) is 12.7. The van der Waals surface area contributed by atoms with Gasteiger partial charge in [-0.3, -0.25) is 4.79 Å². The van der Waals surface area contributed by atoms with Gasteiger partial charge in [-0.25, -0.2) is 0 Å². The first-order valence-corrected chi connectivity index (χ1v) is 8.25. The standard InChI is InChI=1S/C18H14N4OS/c23-18(19-14-9-6-10-15-16(14)21-24-20-15)17(22-11-4-5-12-22)13-7-2-1-3-8-13/h1-12,17H,(H,19,23)/t17-/m0/s1. The van der Waals surface area contributed by atoms with Crippen LogP contribution in [-0.2, 0) is 4.79 Å². The number of carbonyl (C=O) groups excluding carboxylic acids is 1. The molecule has 2 aromatic heterocycles. The lowest BCUT2D eigenvalue weighted by Crippen LogP contribution is -2.26. The fraction of sp³-hybridized carbons (Fsp3) is 0.0556. The predicted octanol–water partition coefficient (Wildman–Crippen LogP) is 3.72. The minimum Gasteiger partial charge on any atom is -0.338 e. The van der Waals surface area contributed by atoms with E-state index in [2.05, 4.69) is 14.1 Å². The summed E-state index contributed by atoms with van der Waals surface area (Å²) in [7, 11) is 0. The summed E-state index contributed by atoms with van der Waals surface area (Å²) < 4.78 is 10.4. The van der Waals surface area contributed by atoms with Crippen LogP contribution in [0.25, 0.3) is 11.0 Å². The quantitative estimate of drug-likeness (QED) is 0.619. The van der Waals surface area contributed by atoms with E-state index in [4.69, 9.17) is 0 Å². The third kappa shape index (κ3) is 2.68. The van der Waals surface area contributed by atoms with Gasteiger partial charge in [-0.15, -0.1) is 0 Å². The number of nitrogens with zero attached hydrogens (tertiary/aromatic N) is 3. The van der Waals surface area contributed by atoms with Gasteiger partial charge in [0.25, 0.3) is 5.91 Å². The second-order valence-corrected chi connectivity index (χ2v) is 5.90. The van der Waals surface area contributed by atoms with E-state index in [9.17, 15) is 4.79 Å². The molecule has 0 saturated heterocycles. The van der Waals surface area contributed by atoms with E-state index in [1.165, 1.54) is 0 Å². The summed E-state index contributed by atoms with van der Waals surface area (Å²) in [6.45, 7) is 0. The average molecular weight is 334 g/mol. The van der Waals surface area contributed by atoms with Crippen molar-refractivity contribution in [3.05, 3.63) is 78.6 Å². The molecule has 4 rings (SSSR count). The Labute approximate surface area is 142 Å². The van der Waals surface area contributed by atoms with Gasteiger partial charge < -0.3 is 9.88 Å². The third-order valence-corrected chi connectivity index (χ3v) is 4.38.